The molecule has 1 atom stereocenters. The molecule has 0 bridgehead atoms. The van der Waals surface area contributed by atoms with Gasteiger partial charge in [0.25, 0.3) is 11.7 Å². The summed E-state index contributed by atoms with van der Waals surface area (Å²) in [5, 5.41) is 11.2. The Hall–Kier alpha value is -3.06. The highest BCUT2D eigenvalue weighted by Gasteiger charge is 2.47. The standard InChI is InChI=1S/C23H28N2O5/c1-14-7-9-17(29-5)16(13-14)21(26)19-20(18-10-8-15(2)30-18)25(23(28)22(19)27)12-6-11-24(3)4/h7-10,13,20,26H,6,11-12H2,1-5H3/b21-19+. The fourth-order valence-corrected chi connectivity index (χ4v) is 3.72. The molecule has 160 valence electrons. The number of ketones is 1. The minimum Gasteiger partial charge on any atom is -0.507 e. The zero-order valence-electron chi connectivity index (χ0n) is 18.1. The summed E-state index contributed by atoms with van der Waals surface area (Å²) in [5.74, 6) is -0.0861. The number of carbonyl (C=O) groups is 2. The maximum atomic E-state index is 13.0. The normalized spacial score (nSPS) is 18.5. The molecule has 1 fully saturated rings. The molecule has 0 spiro atoms. The van der Waals surface area contributed by atoms with Crippen LogP contribution in [0.2, 0.25) is 0 Å². The average molecular weight is 412 g/mol. The predicted molar refractivity (Wildman–Crippen MR) is 113 cm³/mol. The minimum absolute atomic E-state index is 0.0168. The topological polar surface area (TPSA) is 83.2 Å². The third-order valence-electron chi connectivity index (χ3n) is 5.19. The van der Waals surface area contributed by atoms with Crippen LogP contribution >= 0.6 is 0 Å². The van der Waals surface area contributed by atoms with Gasteiger partial charge in [0.05, 0.1) is 18.2 Å². The van der Waals surface area contributed by atoms with Crippen LogP contribution in [0, 0.1) is 13.8 Å². The number of amides is 1. The smallest absolute Gasteiger partial charge is 0.295 e. The lowest BCUT2D eigenvalue weighted by atomic mass is 9.98. The molecule has 2 aromatic rings. The summed E-state index contributed by atoms with van der Waals surface area (Å²) in [4.78, 5) is 29.4. The first-order chi connectivity index (χ1) is 14.2. The highest BCUT2D eigenvalue weighted by Crippen LogP contribution is 2.41. The van der Waals surface area contributed by atoms with Gasteiger partial charge in [0.15, 0.2) is 0 Å². The van der Waals surface area contributed by atoms with E-state index in [1.165, 1.54) is 12.0 Å². The van der Waals surface area contributed by atoms with Crippen LogP contribution in [0.15, 0.2) is 40.3 Å². The van der Waals surface area contributed by atoms with E-state index in [9.17, 15) is 14.7 Å². The number of aliphatic hydroxyl groups is 1. The van der Waals surface area contributed by atoms with Gasteiger partial charge >= 0.3 is 0 Å². The summed E-state index contributed by atoms with van der Waals surface area (Å²) in [5.41, 5.74) is 1.28. The monoisotopic (exact) mass is 412 g/mol. The number of Topliss-reactive ketones (excluding diaryl/α,β-unsaturated/α-hetero) is 1. The van der Waals surface area contributed by atoms with Crippen LogP contribution in [0.25, 0.3) is 5.76 Å². The summed E-state index contributed by atoms with van der Waals surface area (Å²) in [6, 6.07) is 8.05. The van der Waals surface area contributed by atoms with Crippen molar-refractivity contribution >= 4 is 17.4 Å². The summed E-state index contributed by atoms with van der Waals surface area (Å²) in [7, 11) is 5.39. The second-order valence-corrected chi connectivity index (χ2v) is 7.80. The van der Waals surface area contributed by atoms with Crippen molar-refractivity contribution in [1.82, 2.24) is 9.80 Å². The highest BCUT2D eigenvalue weighted by atomic mass is 16.5. The molecule has 0 saturated carbocycles. The zero-order chi connectivity index (χ0) is 22.0. The first kappa shape index (κ1) is 21.6. The van der Waals surface area contributed by atoms with Crippen LogP contribution in [-0.2, 0) is 9.59 Å². The molecule has 1 amide bonds. The molecule has 2 heterocycles. The van der Waals surface area contributed by atoms with Gasteiger partial charge < -0.3 is 24.1 Å². The second kappa shape index (κ2) is 8.75. The predicted octanol–water partition coefficient (Wildman–Crippen LogP) is 3.28. The molecule has 0 aliphatic carbocycles. The molecule has 1 aliphatic rings. The van der Waals surface area contributed by atoms with Crippen molar-refractivity contribution in [3.8, 4) is 5.75 Å². The van der Waals surface area contributed by atoms with Gasteiger partial charge in [-0.1, -0.05) is 11.6 Å². The fourth-order valence-electron chi connectivity index (χ4n) is 3.72. The summed E-state index contributed by atoms with van der Waals surface area (Å²) in [6.07, 6.45) is 0.685. The molecular formula is C23H28N2O5. The van der Waals surface area contributed by atoms with Crippen LogP contribution in [0.4, 0.5) is 0 Å². The van der Waals surface area contributed by atoms with Gasteiger partial charge in [0.1, 0.15) is 29.1 Å². The summed E-state index contributed by atoms with van der Waals surface area (Å²) < 4.78 is 11.2. The molecule has 1 aromatic heterocycles. The van der Waals surface area contributed by atoms with Crippen LogP contribution < -0.4 is 4.74 Å². The fraction of sp³-hybridized carbons (Fsp3) is 0.391. The maximum absolute atomic E-state index is 13.0. The molecule has 7 nitrogen and oxygen atoms in total. The third kappa shape index (κ3) is 4.11. The molecule has 1 saturated heterocycles. The number of ether oxygens (including phenoxy) is 1. The van der Waals surface area contributed by atoms with Crippen molar-refractivity contribution < 1.29 is 23.8 Å². The molecule has 0 radical (unpaired) electrons. The molecule has 30 heavy (non-hydrogen) atoms. The minimum atomic E-state index is -0.786. The van der Waals surface area contributed by atoms with E-state index in [2.05, 4.69) is 0 Å². The highest BCUT2D eigenvalue weighted by molar-refractivity contribution is 6.46. The Labute approximate surface area is 176 Å². The lowest BCUT2D eigenvalue weighted by molar-refractivity contribution is -0.140. The van der Waals surface area contributed by atoms with E-state index in [-0.39, 0.29) is 11.3 Å². The van der Waals surface area contributed by atoms with Crippen LogP contribution in [0.5, 0.6) is 5.75 Å². The molecule has 1 aromatic carbocycles. The number of furan rings is 1. The number of aliphatic hydroxyl groups excluding tert-OH is 1. The van der Waals surface area contributed by atoms with Gasteiger partial charge in [-0.05, 0) is 65.2 Å². The number of carbonyl (C=O) groups excluding carboxylic acids is 2. The quantitative estimate of drug-likeness (QED) is 0.427. The molecule has 1 aliphatic heterocycles. The number of benzene rings is 1. The Balaban J connectivity index is 2.13. The summed E-state index contributed by atoms with van der Waals surface area (Å²) >= 11 is 0. The summed E-state index contributed by atoms with van der Waals surface area (Å²) in [6.45, 7) is 4.81. The van der Waals surface area contributed by atoms with Gasteiger partial charge in [-0.25, -0.2) is 0 Å². The SMILES string of the molecule is COc1ccc(C)cc1/C(O)=C1\C(=O)C(=O)N(CCCN(C)C)C1c1ccc(C)o1. The molecule has 3 rings (SSSR count). The lowest BCUT2D eigenvalue weighted by Gasteiger charge is -2.24. The van der Waals surface area contributed by atoms with Gasteiger partial charge in [-0.2, -0.15) is 0 Å². The Kier molecular flexibility index (Phi) is 6.31. The van der Waals surface area contributed by atoms with E-state index in [1.54, 1.807) is 31.2 Å². The van der Waals surface area contributed by atoms with Crippen LogP contribution in [-0.4, -0.2) is 60.9 Å². The van der Waals surface area contributed by atoms with Gasteiger partial charge in [0, 0.05) is 6.54 Å². The van der Waals surface area contributed by atoms with E-state index in [1.807, 2.05) is 32.0 Å². The first-order valence-electron chi connectivity index (χ1n) is 9.89. The lowest BCUT2D eigenvalue weighted by Crippen LogP contribution is -2.32. The van der Waals surface area contributed by atoms with Crippen LogP contribution in [0.1, 0.15) is 35.1 Å². The molecule has 1 N–H and O–H groups in total. The Morgan fingerprint density at radius 3 is 2.53 bits per heavy atom. The van der Waals surface area contributed by atoms with Gasteiger partial charge in [-0.3, -0.25) is 9.59 Å². The van der Waals surface area contributed by atoms with E-state index < -0.39 is 17.7 Å². The van der Waals surface area contributed by atoms with Gasteiger partial charge in [-0.15, -0.1) is 0 Å². The van der Waals surface area contributed by atoms with Crippen molar-refractivity contribution in [2.75, 3.05) is 34.3 Å². The van der Waals surface area contributed by atoms with Crippen molar-refractivity contribution in [1.29, 1.82) is 0 Å². The number of rotatable bonds is 7. The van der Waals surface area contributed by atoms with E-state index in [0.717, 1.165) is 12.1 Å². The largest absolute Gasteiger partial charge is 0.507 e. The van der Waals surface area contributed by atoms with Crippen LogP contribution in [0.3, 0.4) is 0 Å². The van der Waals surface area contributed by atoms with Crippen molar-refractivity contribution in [3.63, 3.8) is 0 Å². The number of methoxy groups -OCH3 is 1. The Bertz CT molecular complexity index is 989. The zero-order valence-corrected chi connectivity index (χ0v) is 18.1. The Morgan fingerprint density at radius 2 is 1.93 bits per heavy atom. The molecule has 7 heteroatoms. The number of hydrogen-bond acceptors (Lipinski definition) is 6. The van der Waals surface area contributed by atoms with E-state index in [4.69, 9.17) is 9.15 Å². The molecule has 1 unspecified atom stereocenters. The number of hydrogen-bond donors (Lipinski definition) is 1. The average Bonchev–Trinajstić information content (AvgIpc) is 3.23. The molecular weight excluding hydrogens is 384 g/mol. The number of nitrogens with zero attached hydrogens (tertiary/aromatic N) is 2. The van der Waals surface area contributed by atoms with E-state index >= 15 is 0 Å². The van der Waals surface area contributed by atoms with Gasteiger partial charge in [0.2, 0.25) is 0 Å². The second-order valence-electron chi connectivity index (χ2n) is 7.80. The Morgan fingerprint density at radius 1 is 1.20 bits per heavy atom. The number of likely N-dealkylation sites (tertiary alicyclic amines) is 1. The third-order valence-corrected chi connectivity index (χ3v) is 5.19. The van der Waals surface area contributed by atoms with E-state index in [0.29, 0.717) is 35.8 Å². The van der Waals surface area contributed by atoms with Crippen molar-refractivity contribution in [3.05, 3.63) is 58.6 Å². The van der Waals surface area contributed by atoms with Crippen molar-refractivity contribution in [2.45, 2.75) is 26.3 Å². The van der Waals surface area contributed by atoms with Crippen molar-refractivity contribution in [2.24, 2.45) is 0 Å². The maximum Gasteiger partial charge on any atom is 0.295 e. The number of aryl methyl sites for hydroxylation is 2. The first-order valence-corrected chi connectivity index (χ1v) is 9.89.